The minimum absolute atomic E-state index is 0.0284. The van der Waals surface area contributed by atoms with Crippen LogP contribution in [0.25, 0.3) is 0 Å². The van der Waals surface area contributed by atoms with Crippen LogP contribution < -0.4 is 0 Å². The molecule has 3 rings (SSSR count). The van der Waals surface area contributed by atoms with Crippen LogP contribution in [0, 0.1) is 5.92 Å². The van der Waals surface area contributed by atoms with E-state index in [9.17, 15) is 14.7 Å². The van der Waals surface area contributed by atoms with Crippen LogP contribution >= 0.6 is 0 Å². The van der Waals surface area contributed by atoms with E-state index in [1.54, 1.807) is 12.1 Å². The van der Waals surface area contributed by atoms with Crippen molar-refractivity contribution in [2.45, 2.75) is 38.2 Å². The zero-order valence-electron chi connectivity index (χ0n) is 14.1. The van der Waals surface area contributed by atoms with E-state index in [2.05, 4.69) is 0 Å². The van der Waals surface area contributed by atoms with E-state index in [0.717, 1.165) is 36.8 Å². The second-order valence-electron chi connectivity index (χ2n) is 6.52. The Morgan fingerprint density at radius 2 is 1.64 bits per heavy atom. The molecule has 0 bridgehead atoms. The van der Waals surface area contributed by atoms with Crippen LogP contribution in [0.1, 0.15) is 53.1 Å². The zero-order chi connectivity index (χ0) is 17.6. The molecule has 0 saturated heterocycles. The van der Waals surface area contributed by atoms with Gasteiger partial charge in [-0.05, 0) is 42.0 Å². The Morgan fingerprint density at radius 1 is 0.960 bits per heavy atom. The van der Waals surface area contributed by atoms with E-state index >= 15 is 0 Å². The number of aliphatic carboxylic acids is 1. The van der Waals surface area contributed by atoms with Gasteiger partial charge in [0.15, 0.2) is 0 Å². The van der Waals surface area contributed by atoms with Crippen molar-refractivity contribution < 1.29 is 19.4 Å². The maximum Gasteiger partial charge on any atom is 0.338 e. The van der Waals surface area contributed by atoms with Crippen molar-refractivity contribution in [1.82, 2.24) is 0 Å². The van der Waals surface area contributed by atoms with Gasteiger partial charge < -0.3 is 9.84 Å². The largest absolute Gasteiger partial charge is 0.481 e. The molecule has 1 aliphatic carbocycles. The van der Waals surface area contributed by atoms with Gasteiger partial charge in [-0.1, -0.05) is 55.3 Å². The summed E-state index contributed by atoms with van der Waals surface area (Å²) in [4.78, 5) is 23.6. The standard InChI is InChI=1S/C21H22O4/c22-20(23)19-9-5-4-8-18(19)16-10-12-17(13-11-16)21(24)25-14-15-6-2-1-3-7-15/h1-3,6-7,10-13,18-19H,4-5,8-9,14H2,(H,22,23)/t18-,19+/m1/s1. The summed E-state index contributed by atoms with van der Waals surface area (Å²) in [5.41, 5.74) is 2.42. The Labute approximate surface area is 147 Å². The molecule has 0 radical (unpaired) electrons. The quantitative estimate of drug-likeness (QED) is 0.821. The van der Waals surface area contributed by atoms with Crippen LogP contribution in [0.15, 0.2) is 54.6 Å². The molecule has 2 atom stereocenters. The molecule has 2 aromatic rings. The average Bonchev–Trinajstić information content (AvgIpc) is 2.67. The predicted octanol–water partition coefficient (Wildman–Crippen LogP) is 4.40. The summed E-state index contributed by atoms with van der Waals surface area (Å²) < 4.78 is 5.33. The van der Waals surface area contributed by atoms with Crippen LogP contribution in [0.5, 0.6) is 0 Å². The lowest BCUT2D eigenvalue weighted by atomic mass is 9.75. The Balaban J connectivity index is 1.65. The fourth-order valence-electron chi connectivity index (χ4n) is 3.50. The molecule has 2 aromatic carbocycles. The predicted molar refractivity (Wildman–Crippen MR) is 94.3 cm³/mol. The molecule has 1 N–H and O–H groups in total. The second-order valence-corrected chi connectivity index (χ2v) is 6.52. The van der Waals surface area contributed by atoms with Gasteiger partial charge in [0, 0.05) is 0 Å². The number of carboxylic acid groups (broad SMARTS) is 1. The third kappa shape index (κ3) is 4.27. The molecule has 1 fully saturated rings. The lowest BCUT2D eigenvalue weighted by Crippen LogP contribution is -2.25. The van der Waals surface area contributed by atoms with Crippen LogP contribution in [-0.2, 0) is 16.1 Å². The van der Waals surface area contributed by atoms with Gasteiger partial charge in [-0.15, -0.1) is 0 Å². The summed E-state index contributed by atoms with van der Waals surface area (Å²) in [6, 6.07) is 16.7. The van der Waals surface area contributed by atoms with E-state index in [-0.39, 0.29) is 24.4 Å². The van der Waals surface area contributed by atoms with Crippen LogP contribution in [-0.4, -0.2) is 17.0 Å². The minimum atomic E-state index is -0.726. The third-order valence-corrected chi connectivity index (χ3v) is 4.87. The molecule has 0 aliphatic heterocycles. The van der Waals surface area contributed by atoms with Crippen molar-refractivity contribution in [3.8, 4) is 0 Å². The van der Waals surface area contributed by atoms with E-state index in [1.165, 1.54) is 0 Å². The molecule has 0 amide bonds. The van der Waals surface area contributed by atoms with Crippen LogP contribution in [0.2, 0.25) is 0 Å². The molecular weight excluding hydrogens is 316 g/mol. The number of hydrogen-bond acceptors (Lipinski definition) is 3. The smallest absolute Gasteiger partial charge is 0.338 e. The van der Waals surface area contributed by atoms with E-state index < -0.39 is 5.97 Å². The minimum Gasteiger partial charge on any atom is -0.481 e. The summed E-state index contributed by atoms with van der Waals surface area (Å²) in [7, 11) is 0. The number of esters is 1. The van der Waals surface area contributed by atoms with Crippen molar-refractivity contribution in [3.05, 3.63) is 71.3 Å². The van der Waals surface area contributed by atoms with Gasteiger partial charge in [0.2, 0.25) is 0 Å². The molecule has 0 heterocycles. The first-order valence-corrected chi connectivity index (χ1v) is 8.69. The first-order valence-electron chi connectivity index (χ1n) is 8.69. The van der Waals surface area contributed by atoms with Crippen molar-refractivity contribution in [2.24, 2.45) is 5.92 Å². The van der Waals surface area contributed by atoms with E-state index in [0.29, 0.717) is 5.56 Å². The molecule has 130 valence electrons. The highest BCUT2D eigenvalue weighted by atomic mass is 16.5. The number of rotatable bonds is 5. The highest BCUT2D eigenvalue weighted by molar-refractivity contribution is 5.89. The highest BCUT2D eigenvalue weighted by Gasteiger charge is 2.31. The molecule has 0 unspecified atom stereocenters. The Kier molecular flexibility index (Phi) is 5.49. The monoisotopic (exact) mass is 338 g/mol. The summed E-state index contributed by atoms with van der Waals surface area (Å²) >= 11 is 0. The maximum absolute atomic E-state index is 12.2. The van der Waals surface area contributed by atoms with E-state index in [1.807, 2.05) is 42.5 Å². The van der Waals surface area contributed by atoms with Crippen LogP contribution in [0.4, 0.5) is 0 Å². The number of carbonyl (C=O) groups is 2. The molecule has 1 aliphatic rings. The zero-order valence-corrected chi connectivity index (χ0v) is 14.1. The molecule has 0 spiro atoms. The number of carboxylic acids is 1. The van der Waals surface area contributed by atoms with Gasteiger partial charge in [0.25, 0.3) is 0 Å². The summed E-state index contributed by atoms with van der Waals surface area (Å²) in [5, 5.41) is 9.42. The Morgan fingerprint density at radius 3 is 2.32 bits per heavy atom. The molecular formula is C21H22O4. The summed E-state index contributed by atoms with van der Waals surface area (Å²) in [6.07, 6.45) is 3.63. The van der Waals surface area contributed by atoms with Gasteiger partial charge in [-0.2, -0.15) is 0 Å². The SMILES string of the molecule is O=C(OCc1ccccc1)c1ccc([C@H]2CCCC[C@@H]2C(=O)O)cc1. The van der Waals surface area contributed by atoms with Crippen molar-refractivity contribution in [1.29, 1.82) is 0 Å². The fourth-order valence-corrected chi connectivity index (χ4v) is 3.50. The second kappa shape index (κ2) is 7.97. The van der Waals surface area contributed by atoms with Crippen LogP contribution in [0.3, 0.4) is 0 Å². The molecule has 4 heteroatoms. The summed E-state index contributed by atoms with van der Waals surface area (Å²) in [5.74, 6) is -1.39. The van der Waals surface area contributed by atoms with Crippen molar-refractivity contribution in [3.63, 3.8) is 0 Å². The Bertz CT molecular complexity index is 721. The number of benzene rings is 2. The lowest BCUT2D eigenvalue weighted by molar-refractivity contribution is -0.143. The first kappa shape index (κ1) is 17.2. The van der Waals surface area contributed by atoms with Gasteiger partial charge in [-0.25, -0.2) is 4.79 Å². The summed E-state index contributed by atoms with van der Waals surface area (Å²) in [6.45, 7) is 0.241. The Hall–Kier alpha value is -2.62. The topological polar surface area (TPSA) is 63.6 Å². The first-order chi connectivity index (χ1) is 12.1. The highest BCUT2D eigenvalue weighted by Crippen LogP contribution is 2.38. The van der Waals surface area contributed by atoms with Gasteiger partial charge in [-0.3, -0.25) is 4.79 Å². The maximum atomic E-state index is 12.2. The van der Waals surface area contributed by atoms with Crippen molar-refractivity contribution in [2.75, 3.05) is 0 Å². The third-order valence-electron chi connectivity index (χ3n) is 4.87. The van der Waals surface area contributed by atoms with E-state index in [4.69, 9.17) is 4.74 Å². The number of hydrogen-bond donors (Lipinski definition) is 1. The molecule has 0 aromatic heterocycles. The average molecular weight is 338 g/mol. The number of ether oxygens (including phenoxy) is 1. The molecule has 1 saturated carbocycles. The fraction of sp³-hybridized carbons (Fsp3) is 0.333. The van der Waals surface area contributed by atoms with Gasteiger partial charge in [0.05, 0.1) is 11.5 Å². The normalized spacial score (nSPS) is 20.0. The molecule has 25 heavy (non-hydrogen) atoms. The number of carbonyl (C=O) groups excluding carboxylic acids is 1. The lowest BCUT2D eigenvalue weighted by Gasteiger charge is -2.28. The van der Waals surface area contributed by atoms with Gasteiger partial charge >= 0.3 is 11.9 Å². The van der Waals surface area contributed by atoms with Crippen molar-refractivity contribution >= 4 is 11.9 Å². The van der Waals surface area contributed by atoms with Gasteiger partial charge in [0.1, 0.15) is 6.61 Å². The molecule has 4 nitrogen and oxygen atoms in total.